The fourth-order valence-corrected chi connectivity index (χ4v) is 2.41. The summed E-state index contributed by atoms with van der Waals surface area (Å²) in [6, 6.07) is 0. The molecule has 0 heterocycles. The maximum absolute atomic E-state index is 11.0. The minimum atomic E-state index is -3.45. The Morgan fingerprint density at radius 3 is 2.11 bits per heavy atom. The van der Waals surface area contributed by atoms with Crippen LogP contribution in [0.15, 0.2) is 0 Å². The lowest BCUT2D eigenvalue weighted by atomic mass is 9.99. The summed E-state index contributed by atoms with van der Waals surface area (Å²) in [5, 5.41) is 5.04. The molecule has 0 fully saturated rings. The van der Waals surface area contributed by atoms with Crippen molar-refractivity contribution in [3.05, 3.63) is 0 Å². The fourth-order valence-electron chi connectivity index (χ4n) is 1.33. The van der Waals surface area contributed by atoms with Gasteiger partial charge >= 0.3 is 0 Å². The van der Waals surface area contributed by atoms with Crippen molar-refractivity contribution >= 4 is 10.0 Å². The van der Waals surface area contributed by atoms with Crippen LogP contribution in [0, 0.1) is 11.8 Å². The molecule has 1 unspecified atom stereocenters. The number of rotatable bonds is 11. The minimum Gasteiger partial charge on any atom is -0.382 e. The summed E-state index contributed by atoms with van der Waals surface area (Å²) in [4.78, 5) is 0. The van der Waals surface area contributed by atoms with Gasteiger partial charge in [0.1, 0.15) is 0 Å². The quantitative estimate of drug-likeness (QED) is 0.548. The number of ether oxygens (including phenoxy) is 3. The summed E-state index contributed by atoms with van der Waals surface area (Å²) in [5.74, 6) is 0.0755. The molecule has 0 rings (SSSR count). The van der Waals surface area contributed by atoms with E-state index in [0.29, 0.717) is 33.0 Å². The first-order valence-electron chi connectivity index (χ1n) is 6.01. The van der Waals surface area contributed by atoms with Gasteiger partial charge in [0.2, 0.25) is 10.0 Å². The molecule has 0 aromatic rings. The van der Waals surface area contributed by atoms with Crippen LogP contribution >= 0.6 is 0 Å². The zero-order chi connectivity index (χ0) is 14.0. The van der Waals surface area contributed by atoms with Crippen LogP contribution in [-0.2, 0) is 24.2 Å². The average Bonchev–Trinajstić information content (AvgIpc) is 2.24. The van der Waals surface area contributed by atoms with Crippen molar-refractivity contribution in [3.63, 3.8) is 0 Å². The normalized spacial score (nSPS) is 14.1. The topological polar surface area (TPSA) is 87.8 Å². The van der Waals surface area contributed by atoms with Crippen molar-refractivity contribution in [2.45, 2.75) is 13.8 Å². The third-order valence-corrected chi connectivity index (χ3v) is 3.42. The van der Waals surface area contributed by atoms with E-state index in [2.05, 4.69) is 0 Å². The molecule has 0 bridgehead atoms. The molecule has 0 spiro atoms. The van der Waals surface area contributed by atoms with Crippen molar-refractivity contribution in [2.75, 3.05) is 45.9 Å². The van der Waals surface area contributed by atoms with E-state index in [1.807, 2.05) is 13.8 Å². The highest BCUT2D eigenvalue weighted by atomic mass is 32.2. The van der Waals surface area contributed by atoms with Crippen LogP contribution < -0.4 is 5.14 Å². The third kappa shape index (κ3) is 10.9. The Hall–Kier alpha value is -0.210. The fraction of sp³-hybridized carbons (Fsp3) is 1.00. The monoisotopic (exact) mass is 283 g/mol. The molecule has 7 heteroatoms. The Kier molecular flexibility index (Phi) is 9.57. The van der Waals surface area contributed by atoms with Gasteiger partial charge in [0.25, 0.3) is 0 Å². The van der Waals surface area contributed by atoms with Gasteiger partial charge in [0.15, 0.2) is 0 Å². The van der Waals surface area contributed by atoms with E-state index in [9.17, 15) is 8.42 Å². The maximum Gasteiger partial charge on any atom is 0.209 e. The molecule has 0 saturated carbocycles. The van der Waals surface area contributed by atoms with Crippen molar-refractivity contribution < 1.29 is 22.6 Å². The van der Waals surface area contributed by atoms with Crippen LogP contribution in [-0.4, -0.2) is 54.3 Å². The van der Waals surface area contributed by atoms with E-state index >= 15 is 0 Å². The molecule has 0 aliphatic heterocycles. The summed E-state index contributed by atoms with van der Waals surface area (Å²) in [5.41, 5.74) is 0. The highest BCUT2D eigenvalue weighted by molar-refractivity contribution is 7.89. The number of hydrogen-bond acceptors (Lipinski definition) is 5. The molecule has 0 amide bonds. The molecule has 0 saturated heterocycles. The van der Waals surface area contributed by atoms with Crippen LogP contribution in [0.25, 0.3) is 0 Å². The van der Waals surface area contributed by atoms with E-state index in [-0.39, 0.29) is 17.6 Å². The van der Waals surface area contributed by atoms with Crippen molar-refractivity contribution in [1.29, 1.82) is 0 Å². The van der Waals surface area contributed by atoms with Crippen LogP contribution in [0.5, 0.6) is 0 Å². The molecule has 110 valence electrons. The highest BCUT2D eigenvalue weighted by Gasteiger charge is 2.19. The van der Waals surface area contributed by atoms with Gasteiger partial charge in [-0.15, -0.1) is 0 Å². The van der Waals surface area contributed by atoms with Crippen LogP contribution in [0.4, 0.5) is 0 Å². The summed E-state index contributed by atoms with van der Waals surface area (Å²) in [6.07, 6.45) is 0. The largest absolute Gasteiger partial charge is 0.382 e. The number of nitrogens with two attached hydrogens (primary N) is 1. The van der Waals surface area contributed by atoms with Crippen LogP contribution in [0.1, 0.15) is 13.8 Å². The molecule has 6 nitrogen and oxygen atoms in total. The zero-order valence-electron chi connectivity index (χ0n) is 11.4. The molecule has 0 aliphatic rings. The summed E-state index contributed by atoms with van der Waals surface area (Å²) >= 11 is 0. The Morgan fingerprint density at radius 1 is 1.06 bits per heavy atom. The molecule has 0 radical (unpaired) electrons. The number of hydrogen-bond donors (Lipinski definition) is 1. The predicted octanol–water partition coefficient (Wildman–Crippen LogP) is 0.227. The lowest BCUT2D eigenvalue weighted by Crippen LogP contribution is -2.29. The first-order valence-corrected chi connectivity index (χ1v) is 7.73. The molecular weight excluding hydrogens is 258 g/mol. The SMILES string of the molecule is COCCOCCOCC(CS(N)(=O)=O)C(C)C. The van der Waals surface area contributed by atoms with Gasteiger partial charge < -0.3 is 14.2 Å². The Labute approximate surface area is 110 Å². The van der Waals surface area contributed by atoms with Gasteiger partial charge in [-0.05, 0) is 11.8 Å². The van der Waals surface area contributed by atoms with Crippen molar-refractivity contribution in [1.82, 2.24) is 0 Å². The molecule has 0 aliphatic carbocycles. The predicted molar refractivity (Wildman–Crippen MR) is 69.8 cm³/mol. The Bertz CT molecular complexity index is 292. The van der Waals surface area contributed by atoms with Gasteiger partial charge in [-0.2, -0.15) is 0 Å². The van der Waals surface area contributed by atoms with Gasteiger partial charge in [-0.1, -0.05) is 13.8 Å². The summed E-state index contributed by atoms with van der Waals surface area (Å²) in [6.45, 7) is 6.29. The Morgan fingerprint density at radius 2 is 1.61 bits per heavy atom. The third-order valence-electron chi connectivity index (χ3n) is 2.52. The number of primary sulfonamides is 1. The van der Waals surface area contributed by atoms with Gasteiger partial charge in [0, 0.05) is 7.11 Å². The lowest BCUT2D eigenvalue weighted by molar-refractivity contribution is 0.0133. The summed E-state index contributed by atoms with van der Waals surface area (Å²) in [7, 11) is -1.84. The molecule has 0 aromatic carbocycles. The molecular formula is C11H25NO5S. The molecule has 18 heavy (non-hydrogen) atoms. The van der Waals surface area contributed by atoms with Crippen LogP contribution in [0.2, 0.25) is 0 Å². The van der Waals surface area contributed by atoms with Crippen LogP contribution in [0.3, 0.4) is 0 Å². The van der Waals surface area contributed by atoms with Gasteiger partial charge in [-0.25, -0.2) is 13.6 Å². The highest BCUT2D eigenvalue weighted by Crippen LogP contribution is 2.12. The van der Waals surface area contributed by atoms with Gasteiger partial charge in [0.05, 0.1) is 38.8 Å². The lowest BCUT2D eigenvalue weighted by Gasteiger charge is -2.19. The summed E-state index contributed by atoms with van der Waals surface area (Å²) < 4.78 is 37.5. The Balaban J connectivity index is 3.72. The molecule has 2 N–H and O–H groups in total. The van der Waals surface area contributed by atoms with Crippen molar-refractivity contribution in [3.8, 4) is 0 Å². The van der Waals surface area contributed by atoms with E-state index in [1.54, 1.807) is 7.11 Å². The second-order valence-corrected chi connectivity index (χ2v) is 6.17. The maximum atomic E-state index is 11.0. The second kappa shape index (κ2) is 9.69. The van der Waals surface area contributed by atoms with E-state index in [4.69, 9.17) is 19.3 Å². The van der Waals surface area contributed by atoms with E-state index in [0.717, 1.165) is 0 Å². The smallest absolute Gasteiger partial charge is 0.209 e. The number of sulfonamides is 1. The molecule has 0 aromatic heterocycles. The van der Waals surface area contributed by atoms with Crippen molar-refractivity contribution in [2.24, 2.45) is 17.0 Å². The van der Waals surface area contributed by atoms with Gasteiger partial charge in [-0.3, -0.25) is 0 Å². The average molecular weight is 283 g/mol. The van der Waals surface area contributed by atoms with E-state index in [1.165, 1.54) is 0 Å². The second-order valence-electron chi connectivity index (χ2n) is 4.51. The first-order chi connectivity index (χ1) is 8.37. The zero-order valence-corrected chi connectivity index (χ0v) is 12.2. The first kappa shape index (κ1) is 17.8. The van der Waals surface area contributed by atoms with E-state index < -0.39 is 10.0 Å². The molecule has 1 atom stereocenters. The minimum absolute atomic E-state index is 0.0464. The number of methoxy groups -OCH3 is 1. The standard InChI is InChI=1S/C11H25NO5S/c1-10(2)11(9-18(12,13)14)8-17-7-6-16-5-4-15-3/h10-11H,4-9H2,1-3H3,(H2,12,13,14).